The summed E-state index contributed by atoms with van der Waals surface area (Å²) in [6.45, 7) is 3.89. The Morgan fingerprint density at radius 3 is 2.94 bits per heavy atom. The van der Waals surface area contributed by atoms with E-state index in [1.54, 1.807) is 7.11 Å². The van der Waals surface area contributed by atoms with Crippen molar-refractivity contribution in [2.75, 3.05) is 33.0 Å². The minimum absolute atomic E-state index is 0.248. The van der Waals surface area contributed by atoms with E-state index in [2.05, 4.69) is 24.9 Å². The van der Waals surface area contributed by atoms with Crippen molar-refractivity contribution in [3.05, 3.63) is 29.8 Å². The lowest BCUT2D eigenvalue weighted by Gasteiger charge is -2.42. The molecule has 0 spiro atoms. The van der Waals surface area contributed by atoms with E-state index >= 15 is 0 Å². The number of hydrogen-bond acceptors (Lipinski definition) is 3. The minimum Gasteiger partial charge on any atom is -0.616 e. The van der Waals surface area contributed by atoms with Crippen molar-refractivity contribution < 1.29 is 9.29 Å². The minimum atomic E-state index is -0.816. The Morgan fingerprint density at radius 2 is 2.28 bits per heavy atom. The van der Waals surface area contributed by atoms with E-state index in [9.17, 15) is 4.55 Å². The van der Waals surface area contributed by atoms with Gasteiger partial charge in [-0.2, -0.15) is 0 Å². The highest BCUT2D eigenvalue weighted by atomic mass is 32.2. The molecule has 1 aliphatic heterocycles. The van der Waals surface area contributed by atoms with E-state index in [0.717, 1.165) is 36.6 Å². The van der Waals surface area contributed by atoms with Gasteiger partial charge in [0, 0.05) is 18.5 Å². The van der Waals surface area contributed by atoms with Gasteiger partial charge in [0.25, 0.3) is 0 Å². The number of hydrogen-bond donors (Lipinski definition) is 0. The molecule has 4 heteroatoms. The highest BCUT2D eigenvalue weighted by molar-refractivity contribution is 7.92. The van der Waals surface area contributed by atoms with Crippen LogP contribution in [0.2, 0.25) is 0 Å². The first kappa shape index (κ1) is 13.7. The maximum absolute atomic E-state index is 12.5. The lowest BCUT2D eigenvalue weighted by Crippen LogP contribution is -2.52. The van der Waals surface area contributed by atoms with Gasteiger partial charge in [-0.05, 0) is 30.4 Å². The van der Waals surface area contributed by atoms with Gasteiger partial charge in [0.15, 0.2) is 4.75 Å². The molecule has 0 aliphatic carbocycles. The number of nitrogens with zero attached hydrogens (tertiary/aromatic N) is 1. The molecule has 0 N–H and O–H groups in total. The largest absolute Gasteiger partial charge is 0.616 e. The molecule has 0 bridgehead atoms. The van der Waals surface area contributed by atoms with Crippen LogP contribution in [0, 0.1) is 0 Å². The molecule has 1 aromatic rings. The lowest BCUT2D eigenvalue weighted by atomic mass is 9.94. The van der Waals surface area contributed by atoms with Crippen LogP contribution in [0.25, 0.3) is 0 Å². The summed E-state index contributed by atoms with van der Waals surface area (Å²) in [6, 6.07) is 8.02. The zero-order valence-electron chi connectivity index (χ0n) is 11.3. The molecule has 0 aromatic heterocycles. The average molecular weight is 267 g/mol. The van der Waals surface area contributed by atoms with Gasteiger partial charge in [-0.15, -0.1) is 0 Å². The molecule has 1 saturated heterocycles. The third-order valence-electron chi connectivity index (χ3n) is 3.79. The summed E-state index contributed by atoms with van der Waals surface area (Å²) in [6.07, 6.45) is 0.886. The lowest BCUT2D eigenvalue weighted by molar-refractivity contribution is 0.277. The summed E-state index contributed by atoms with van der Waals surface area (Å²) in [5, 5.41) is 0. The summed E-state index contributed by atoms with van der Waals surface area (Å²) in [5.41, 5.74) is 1.13. The fraction of sp³-hybridized carbons (Fsp3) is 0.571. The first-order chi connectivity index (χ1) is 8.62. The second-order valence-corrected chi connectivity index (χ2v) is 6.75. The van der Waals surface area contributed by atoms with E-state index in [1.807, 2.05) is 18.2 Å². The predicted molar refractivity (Wildman–Crippen MR) is 75.5 cm³/mol. The van der Waals surface area contributed by atoms with Crippen LogP contribution in [-0.2, 0) is 15.9 Å². The van der Waals surface area contributed by atoms with E-state index in [0.29, 0.717) is 0 Å². The molecule has 2 atom stereocenters. The Hall–Kier alpha value is -0.710. The van der Waals surface area contributed by atoms with Crippen LogP contribution in [0.4, 0.5) is 0 Å². The van der Waals surface area contributed by atoms with Crippen LogP contribution < -0.4 is 4.74 Å². The van der Waals surface area contributed by atoms with Gasteiger partial charge in [0.05, 0.1) is 13.7 Å². The third-order valence-corrected chi connectivity index (χ3v) is 5.86. The van der Waals surface area contributed by atoms with Crippen LogP contribution >= 0.6 is 0 Å². The van der Waals surface area contributed by atoms with Crippen molar-refractivity contribution in [1.29, 1.82) is 0 Å². The SMILES string of the molecule is CC[C@@]1(c2cccc(OC)c2)CN(C)CC[S@@+]1[O-]. The predicted octanol–water partition coefficient (Wildman–Crippen LogP) is 1.99. The first-order valence-electron chi connectivity index (χ1n) is 6.34. The van der Waals surface area contributed by atoms with Crippen LogP contribution in [0.3, 0.4) is 0 Å². The topological polar surface area (TPSA) is 35.5 Å². The molecule has 18 heavy (non-hydrogen) atoms. The monoisotopic (exact) mass is 267 g/mol. The summed E-state index contributed by atoms with van der Waals surface area (Å²) < 4.78 is 17.6. The van der Waals surface area contributed by atoms with Crippen LogP contribution in [0.1, 0.15) is 18.9 Å². The van der Waals surface area contributed by atoms with Crippen molar-refractivity contribution >= 4 is 11.2 Å². The van der Waals surface area contributed by atoms with E-state index in [-0.39, 0.29) is 4.75 Å². The van der Waals surface area contributed by atoms with Gasteiger partial charge < -0.3 is 9.29 Å². The first-order valence-corrected chi connectivity index (χ1v) is 7.66. The average Bonchev–Trinajstić information content (AvgIpc) is 2.41. The number of ether oxygens (including phenoxy) is 1. The smallest absolute Gasteiger partial charge is 0.162 e. The highest BCUT2D eigenvalue weighted by Gasteiger charge is 2.46. The Labute approximate surface area is 112 Å². The van der Waals surface area contributed by atoms with Crippen LogP contribution in [-0.4, -0.2) is 42.5 Å². The fourth-order valence-corrected chi connectivity index (χ4v) is 4.57. The van der Waals surface area contributed by atoms with E-state index < -0.39 is 11.2 Å². The summed E-state index contributed by atoms with van der Waals surface area (Å²) in [5.74, 6) is 1.59. The van der Waals surface area contributed by atoms with Gasteiger partial charge in [0.2, 0.25) is 0 Å². The third kappa shape index (κ3) is 2.37. The fourth-order valence-electron chi connectivity index (χ4n) is 2.63. The van der Waals surface area contributed by atoms with Crippen LogP contribution in [0.15, 0.2) is 24.3 Å². The standard InChI is InChI=1S/C14H21NO2S/c1-4-14(11-15(2)8-9-18(14)16)12-6-5-7-13(10-12)17-3/h5-7,10H,4,8-9,11H2,1-3H3/t14-,18+/m0/s1. The van der Waals surface area contributed by atoms with Crippen molar-refractivity contribution in [3.63, 3.8) is 0 Å². The van der Waals surface area contributed by atoms with Crippen molar-refractivity contribution in [3.8, 4) is 5.75 Å². The van der Waals surface area contributed by atoms with Gasteiger partial charge in [-0.25, -0.2) is 0 Å². The second-order valence-electron chi connectivity index (χ2n) is 4.87. The summed E-state index contributed by atoms with van der Waals surface area (Å²) >= 11 is -0.816. The van der Waals surface area contributed by atoms with Crippen LogP contribution in [0.5, 0.6) is 5.75 Å². The van der Waals surface area contributed by atoms with Crippen molar-refractivity contribution in [2.45, 2.75) is 18.1 Å². The molecule has 0 unspecified atom stereocenters. The number of rotatable bonds is 3. The number of likely N-dealkylation sites (N-methyl/N-ethyl adjacent to an activating group) is 1. The summed E-state index contributed by atoms with van der Waals surface area (Å²) in [4.78, 5) is 2.27. The molecule has 0 radical (unpaired) electrons. The zero-order valence-corrected chi connectivity index (χ0v) is 12.1. The molecule has 0 amide bonds. The molecular weight excluding hydrogens is 246 g/mol. The van der Waals surface area contributed by atoms with Gasteiger partial charge in [-0.3, -0.25) is 4.90 Å². The normalized spacial score (nSPS) is 29.2. The Balaban J connectivity index is 2.40. The Morgan fingerprint density at radius 1 is 1.50 bits per heavy atom. The zero-order chi connectivity index (χ0) is 13.2. The van der Waals surface area contributed by atoms with Gasteiger partial charge in [0.1, 0.15) is 11.5 Å². The van der Waals surface area contributed by atoms with Gasteiger partial charge in [-0.1, -0.05) is 19.1 Å². The van der Waals surface area contributed by atoms with Crippen molar-refractivity contribution in [2.24, 2.45) is 0 Å². The highest BCUT2D eigenvalue weighted by Crippen LogP contribution is 2.39. The molecule has 1 heterocycles. The molecule has 1 fully saturated rings. The maximum Gasteiger partial charge on any atom is 0.162 e. The Kier molecular flexibility index (Phi) is 4.20. The van der Waals surface area contributed by atoms with Crippen molar-refractivity contribution in [1.82, 2.24) is 4.90 Å². The molecule has 0 saturated carbocycles. The van der Waals surface area contributed by atoms with Gasteiger partial charge >= 0.3 is 0 Å². The molecule has 1 aromatic carbocycles. The van der Waals surface area contributed by atoms with E-state index in [4.69, 9.17) is 4.74 Å². The number of benzene rings is 1. The summed E-state index contributed by atoms with van der Waals surface area (Å²) in [7, 11) is 3.77. The molecule has 1 aliphatic rings. The molecular formula is C14H21NO2S. The molecule has 2 rings (SSSR count). The van der Waals surface area contributed by atoms with E-state index in [1.165, 1.54) is 0 Å². The maximum atomic E-state index is 12.5. The number of methoxy groups -OCH3 is 1. The molecule has 100 valence electrons. The molecule has 3 nitrogen and oxygen atoms in total. The Bertz CT molecular complexity index is 413. The second kappa shape index (κ2) is 5.51. The quantitative estimate of drug-likeness (QED) is 0.786.